The summed E-state index contributed by atoms with van der Waals surface area (Å²) in [6.07, 6.45) is 3.81. The molecule has 26 heavy (non-hydrogen) atoms. The van der Waals surface area contributed by atoms with Crippen molar-refractivity contribution in [3.63, 3.8) is 0 Å². The highest BCUT2D eigenvalue weighted by molar-refractivity contribution is 5.84. The number of aryl methyl sites for hydroxylation is 1. The van der Waals surface area contributed by atoms with Gasteiger partial charge in [0, 0.05) is 30.9 Å². The smallest absolute Gasteiger partial charge is 0.311 e. The Bertz CT molecular complexity index is 628. The van der Waals surface area contributed by atoms with E-state index in [4.69, 9.17) is 4.74 Å². The Morgan fingerprint density at radius 3 is 2.27 bits per heavy atom. The molecule has 1 amide bonds. The van der Waals surface area contributed by atoms with Gasteiger partial charge in [-0.05, 0) is 39.5 Å². The van der Waals surface area contributed by atoms with Crippen LogP contribution in [0, 0.1) is 19.8 Å². The molecule has 1 aromatic heterocycles. The molecule has 0 saturated carbocycles. The zero-order valence-electron chi connectivity index (χ0n) is 16.9. The van der Waals surface area contributed by atoms with Crippen molar-refractivity contribution in [3.8, 4) is 0 Å². The number of hydrogen-bond donors (Lipinski definition) is 0. The number of carbonyl (C=O) groups is 2. The van der Waals surface area contributed by atoms with Gasteiger partial charge in [-0.3, -0.25) is 14.3 Å². The fraction of sp³-hybridized carbons (Fsp3) is 0.750. The van der Waals surface area contributed by atoms with E-state index in [2.05, 4.69) is 18.9 Å². The van der Waals surface area contributed by atoms with Crippen LogP contribution in [0.4, 0.5) is 0 Å². The van der Waals surface area contributed by atoms with Crippen LogP contribution in [-0.4, -0.2) is 45.8 Å². The molecule has 2 rings (SSSR count). The largest absolute Gasteiger partial charge is 0.452 e. The maximum Gasteiger partial charge on any atom is 0.311 e. The fourth-order valence-electron chi connectivity index (χ4n) is 3.50. The van der Waals surface area contributed by atoms with Crippen LogP contribution in [-0.2, 0) is 27.3 Å². The normalized spacial score (nSPS) is 16.5. The Morgan fingerprint density at radius 1 is 1.08 bits per heavy atom. The quantitative estimate of drug-likeness (QED) is 0.729. The predicted molar refractivity (Wildman–Crippen MR) is 101 cm³/mol. The minimum absolute atomic E-state index is 0.0794. The molecule has 0 spiro atoms. The van der Waals surface area contributed by atoms with Crippen molar-refractivity contribution in [1.82, 2.24) is 14.7 Å². The minimum Gasteiger partial charge on any atom is -0.452 e. The number of aromatic nitrogens is 2. The summed E-state index contributed by atoms with van der Waals surface area (Å²) in [5, 5.41) is 4.54. The van der Waals surface area contributed by atoms with Crippen LogP contribution in [0.1, 0.15) is 63.4 Å². The Kier molecular flexibility index (Phi) is 7.23. The van der Waals surface area contributed by atoms with Gasteiger partial charge in [-0.1, -0.05) is 26.7 Å². The van der Waals surface area contributed by atoms with Crippen molar-refractivity contribution in [2.45, 2.75) is 79.4 Å². The van der Waals surface area contributed by atoms with Crippen molar-refractivity contribution in [2.24, 2.45) is 5.92 Å². The van der Waals surface area contributed by atoms with Gasteiger partial charge >= 0.3 is 5.97 Å². The SMILES string of the molecule is Cc1nn(CC(C)C)c(C)c1CC(=O)OC(C)C(=O)N1CCCCCC1. The minimum atomic E-state index is -0.730. The molecular weight excluding hydrogens is 330 g/mol. The summed E-state index contributed by atoms with van der Waals surface area (Å²) in [7, 11) is 0. The first kappa shape index (κ1) is 20.5. The van der Waals surface area contributed by atoms with Gasteiger partial charge in [0.25, 0.3) is 5.91 Å². The summed E-state index contributed by atoms with van der Waals surface area (Å²) >= 11 is 0. The third-order valence-corrected chi connectivity index (χ3v) is 4.96. The number of hydrogen-bond acceptors (Lipinski definition) is 4. The lowest BCUT2D eigenvalue weighted by atomic mass is 10.1. The fourth-order valence-corrected chi connectivity index (χ4v) is 3.50. The Balaban J connectivity index is 1.95. The lowest BCUT2D eigenvalue weighted by Crippen LogP contribution is -2.40. The molecular formula is C20H33N3O3. The van der Waals surface area contributed by atoms with Crippen LogP contribution >= 0.6 is 0 Å². The first-order valence-corrected chi connectivity index (χ1v) is 9.80. The average Bonchev–Trinajstić information content (AvgIpc) is 2.78. The number of carbonyl (C=O) groups excluding carboxylic acids is 2. The van der Waals surface area contributed by atoms with Gasteiger partial charge in [-0.25, -0.2) is 0 Å². The highest BCUT2D eigenvalue weighted by Gasteiger charge is 2.25. The van der Waals surface area contributed by atoms with E-state index in [1.54, 1.807) is 6.92 Å². The molecule has 1 fully saturated rings. The summed E-state index contributed by atoms with van der Waals surface area (Å²) < 4.78 is 7.40. The summed E-state index contributed by atoms with van der Waals surface area (Å²) in [5.74, 6) is 0.0410. The van der Waals surface area contributed by atoms with E-state index in [-0.39, 0.29) is 18.3 Å². The van der Waals surface area contributed by atoms with Crippen molar-refractivity contribution >= 4 is 11.9 Å². The maximum atomic E-state index is 12.5. The number of ether oxygens (including phenoxy) is 1. The van der Waals surface area contributed by atoms with Gasteiger partial charge in [0.05, 0.1) is 12.1 Å². The monoisotopic (exact) mass is 363 g/mol. The van der Waals surface area contributed by atoms with Crippen molar-refractivity contribution in [3.05, 3.63) is 17.0 Å². The first-order chi connectivity index (χ1) is 12.3. The third-order valence-electron chi connectivity index (χ3n) is 4.96. The van der Waals surface area contributed by atoms with Crippen molar-refractivity contribution < 1.29 is 14.3 Å². The van der Waals surface area contributed by atoms with Gasteiger partial charge in [0.15, 0.2) is 6.10 Å². The molecule has 146 valence electrons. The van der Waals surface area contributed by atoms with Crippen molar-refractivity contribution in [1.29, 1.82) is 0 Å². The van der Waals surface area contributed by atoms with Crippen LogP contribution in [0.3, 0.4) is 0 Å². The molecule has 1 aliphatic heterocycles. The van der Waals surface area contributed by atoms with E-state index >= 15 is 0 Å². The second-order valence-corrected chi connectivity index (χ2v) is 7.77. The lowest BCUT2D eigenvalue weighted by molar-refractivity contribution is -0.158. The summed E-state index contributed by atoms with van der Waals surface area (Å²) in [5.41, 5.74) is 2.76. The molecule has 1 aromatic rings. The van der Waals surface area contributed by atoms with Crippen LogP contribution in [0.25, 0.3) is 0 Å². The second kappa shape index (κ2) is 9.19. The number of rotatable bonds is 6. The number of amides is 1. The molecule has 0 aliphatic carbocycles. The number of likely N-dealkylation sites (tertiary alicyclic amines) is 1. The first-order valence-electron chi connectivity index (χ1n) is 9.80. The van der Waals surface area contributed by atoms with E-state index in [1.165, 1.54) is 0 Å². The molecule has 6 nitrogen and oxygen atoms in total. The zero-order chi connectivity index (χ0) is 19.3. The van der Waals surface area contributed by atoms with Gasteiger partial charge < -0.3 is 9.64 Å². The average molecular weight is 364 g/mol. The van der Waals surface area contributed by atoms with Gasteiger partial charge in [-0.15, -0.1) is 0 Å². The molecule has 1 saturated heterocycles. The standard InChI is InChI=1S/C20H33N3O3/c1-14(2)13-23-16(4)18(15(3)21-23)12-19(24)26-17(5)20(25)22-10-8-6-7-9-11-22/h14,17H,6-13H2,1-5H3. The van der Waals surface area contributed by atoms with Gasteiger partial charge in [0.1, 0.15) is 0 Å². The van der Waals surface area contributed by atoms with Gasteiger partial charge in [-0.2, -0.15) is 5.10 Å². The highest BCUT2D eigenvalue weighted by Crippen LogP contribution is 2.17. The van der Waals surface area contributed by atoms with E-state index < -0.39 is 6.10 Å². The van der Waals surface area contributed by atoms with E-state index in [1.807, 2.05) is 23.4 Å². The summed E-state index contributed by atoms with van der Waals surface area (Å²) in [6, 6.07) is 0. The molecule has 1 unspecified atom stereocenters. The molecule has 0 aromatic carbocycles. The molecule has 0 bridgehead atoms. The zero-order valence-corrected chi connectivity index (χ0v) is 16.9. The molecule has 1 atom stereocenters. The Morgan fingerprint density at radius 2 is 1.69 bits per heavy atom. The molecule has 0 radical (unpaired) electrons. The van der Waals surface area contributed by atoms with E-state index in [0.29, 0.717) is 5.92 Å². The summed E-state index contributed by atoms with van der Waals surface area (Å²) in [4.78, 5) is 26.7. The Labute approximate surface area is 156 Å². The second-order valence-electron chi connectivity index (χ2n) is 7.77. The predicted octanol–water partition coefficient (Wildman–Crippen LogP) is 3.03. The van der Waals surface area contributed by atoms with Crippen LogP contribution in [0.5, 0.6) is 0 Å². The third kappa shape index (κ3) is 5.32. The van der Waals surface area contributed by atoms with E-state index in [0.717, 1.165) is 62.3 Å². The maximum absolute atomic E-state index is 12.5. The number of esters is 1. The van der Waals surface area contributed by atoms with E-state index in [9.17, 15) is 9.59 Å². The highest BCUT2D eigenvalue weighted by atomic mass is 16.5. The van der Waals surface area contributed by atoms with Crippen LogP contribution in [0.2, 0.25) is 0 Å². The topological polar surface area (TPSA) is 64.4 Å². The molecule has 6 heteroatoms. The van der Waals surface area contributed by atoms with Crippen LogP contribution in [0.15, 0.2) is 0 Å². The Hall–Kier alpha value is -1.85. The molecule has 0 N–H and O–H groups in total. The molecule has 2 heterocycles. The summed E-state index contributed by atoms with van der Waals surface area (Å²) in [6.45, 7) is 12.2. The van der Waals surface area contributed by atoms with Crippen LogP contribution < -0.4 is 0 Å². The molecule has 1 aliphatic rings. The van der Waals surface area contributed by atoms with Crippen molar-refractivity contribution in [2.75, 3.05) is 13.1 Å². The number of nitrogens with zero attached hydrogens (tertiary/aromatic N) is 3. The van der Waals surface area contributed by atoms with Gasteiger partial charge in [0.2, 0.25) is 0 Å². The lowest BCUT2D eigenvalue weighted by Gasteiger charge is -2.24.